The molecule has 0 saturated heterocycles. The fourth-order valence-electron chi connectivity index (χ4n) is 15.2. The molecule has 0 unspecified atom stereocenters. The lowest BCUT2D eigenvalue weighted by molar-refractivity contribution is 0.00412. The molecule has 0 aromatic heterocycles. The van der Waals surface area contributed by atoms with Crippen LogP contribution in [0, 0.1) is 35.5 Å². The normalized spacial score (nSPS) is 40.0. The van der Waals surface area contributed by atoms with Gasteiger partial charge in [-0.25, -0.2) is 0 Å². The van der Waals surface area contributed by atoms with E-state index in [4.69, 9.17) is 0 Å². The summed E-state index contributed by atoms with van der Waals surface area (Å²) >= 11 is 0. The summed E-state index contributed by atoms with van der Waals surface area (Å²) in [4.78, 5) is 6.41. The van der Waals surface area contributed by atoms with E-state index in [-0.39, 0.29) is 0 Å². The van der Waals surface area contributed by atoms with Crippen LogP contribution in [-0.4, -0.2) is 46.1 Å². The van der Waals surface area contributed by atoms with Crippen LogP contribution in [0.15, 0.2) is 0 Å². The molecule has 0 aromatic rings. The van der Waals surface area contributed by atoms with Crippen LogP contribution in [0.5, 0.6) is 0 Å². The molecule has 0 aromatic carbocycles. The summed E-state index contributed by atoms with van der Waals surface area (Å²) < 4.78 is 0. The topological polar surface area (TPSA) is 6.48 Å². The molecule has 8 aliphatic carbocycles. The van der Waals surface area contributed by atoms with Gasteiger partial charge in [0.15, 0.2) is 0 Å². The first-order chi connectivity index (χ1) is 24.8. The Balaban J connectivity index is 0.757. The van der Waals surface area contributed by atoms with Gasteiger partial charge < -0.3 is 0 Å². The molecule has 0 amide bonds. The van der Waals surface area contributed by atoms with Crippen molar-refractivity contribution in [3.8, 4) is 0 Å². The van der Waals surface area contributed by atoms with E-state index in [2.05, 4.69) is 9.80 Å². The van der Waals surface area contributed by atoms with E-state index >= 15 is 0 Å². The summed E-state index contributed by atoms with van der Waals surface area (Å²) in [5.74, 6) is 6.49. The SMILES string of the molecule is C1CCC(N(C2CCCCC2)C2CCC(C3CCC(C4CCC(C5CCC(N(C6CCCCC6)C6CCCCC6)CC5)CC4)CC3)CC2)CC1. The molecule has 8 saturated carbocycles. The van der Waals surface area contributed by atoms with Gasteiger partial charge in [-0.3, -0.25) is 9.80 Å². The first-order valence-electron chi connectivity index (χ1n) is 24.3. The molecule has 8 fully saturated rings. The second-order valence-electron chi connectivity index (χ2n) is 20.5. The Hall–Kier alpha value is -0.0800. The van der Waals surface area contributed by atoms with Gasteiger partial charge in [-0.15, -0.1) is 0 Å². The molecule has 2 nitrogen and oxygen atoms in total. The third-order valence-electron chi connectivity index (χ3n) is 17.9. The molecule has 8 aliphatic rings. The average molecular weight is 689 g/mol. The van der Waals surface area contributed by atoms with Gasteiger partial charge >= 0.3 is 0 Å². The number of rotatable bonds is 9. The number of hydrogen-bond acceptors (Lipinski definition) is 2. The van der Waals surface area contributed by atoms with Crippen molar-refractivity contribution in [3.63, 3.8) is 0 Å². The van der Waals surface area contributed by atoms with E-state index in [0.29, 0.717) is 0 Å². The quantitative estimate of drug-likeness (QED) is 0.238. The van der Waals surface area contributed by atoms with Crippen molar-refractivity contribution in [3.05, 3.63) is 0 Å². The minimum Gasteiger partial charge on any atom is -0.294 e. The molecular formula is C48H84N2. The van der Waals surface area contributed by atoms with Crippen LogP contribution < -0.4 is 0 Å². The highest BCUT2D eigenvalue weighted by molar-refractivity contribution is 4.95. The Kier molecular flexibility index (Phi) is 13.6. The van der Waals surface area contributed by atoms with Crippen molar-refractivity contribution in [2.75, 3.05) is 0 Å². The first-order valence-corrected chi connectivity index (χ1v) is 24.3. The highest BCUT2D eigenvalue weighted by atomic mass is 15.2. The predicted octanol–water partition coefficient (Wildman–Crippen LogP) is 13.7. The molecule has 2 heteroatoms. The first kappa shape index (κ1) is 36.9. The fraction of sp³-hybridized carbons (Fsp3) is 1.00. The van der Waals surface area contributed by atoms with Crippen molar-refractivity contribution in [2.24, 2.45) is 35.5 Å². The maximum absolute atomic E-state index is 3.21. The highest BCUT2D eigenvalue weighted by Gasteiger charge is 2.41. The van der Waals surface area contributed by atoms with Crippen LogP contribution in [0.1, 0.15) is 231 Å². The van der Waals surface area contributed by atoms with Crippen LogP contribution in [0.2, 0.25) is 0 Å². The monoisotopic (exact) mass is 689 g/mol. The van der Waals surface area contributed by atoms with Crippen molar-refractivity contribution >= 4 is 0 Å². The summed E-state index contributed by atoms with van der Waals surface area (Å²) in [5, 5.41) is 0. The van der Waals surface area contributed by atoms with Gasteiger partial charge in [-0.05, 0) is 190 Å². The lowest BCUT2D eigenvalue weighted by Crippen LogP contribution is -2.52. The Morgan fingerprint density at radius 1 is 0.160 bits per heavy atom. The Morgan fingerprint density at radius 3 is 0.520 bits per heavy atom. The minimum absolute atomic E-state index is 0.937. The van der Waals surface area contributed by atoms with Crippen molar-refractivity contribution in [1.29, 1.82) is 0 Å². The van der Waals surface area contributed by atoms with Gasteiger partial charge in [0.05, 0.1) is 0 Å². The number of nitrogens with zero attached hydrogens (tertiary/aromatic N) is 2. The molecule has 0 radical (unpaired) electrons. The van der Waals surface area contributed by atoms with Crippen molar-refractivity contribution < 1.29 is 0 Å². The molecular weight excluding hydrogens is 605 g/mol. The second-order valence-corrected chi connectivity index (χ2v) is 20.5. The summed E-state index contributed by atoms with van der Waals surface area (Å²) in [6, 6.07) is 5.64. The van der Waals surface area contributed by atoms with Crippen molar-refractivity contribution in [1.82, 2.24) is 9.80 Å². The lowest BCUT2D eigenvalue weighted by Gasteiger charge is -2.49. The van der Waals surface area contributed by atoms with Crippen LogP contribution in [-0.2, 0) is 0 Å². The Bertz CT molecular complexity index is 823. The van der Waals surface area contributed by atoms with Gasteiger partial charge in [0.2, 0.25) is 0 Å². The van der Waals surface area contributed by atoms with E-state index in [1.165, 1.54) is 128 Å². The second kappa shape index (κ2) is 18.5. The van der Waals surface area contributed by atoms with Gasteiger partial charge in [-0.1, -0.05) is 77.0 Å². The Morgan fingerprint density at radius 2 is 0.320 bits per heavy atom. The Labute approximate surface area is 311 Å². The molecule has 286 valence electrons. The van der Waals surface area contributed by atoms with E-state index < -0.39 is 0 Å². The van der Waals surface area contributed by atoms with E-state index in [9.17, 15) is 0 Å². The molecule has 0 atom stereocenters. The van der Waals surface area contributed by atoms with E-state index in [1.807, 2.05) is 0 Å². The third kappa shape index (κ3) is 9.06. The zero-order valence-electron chi connectivity index (χ0n) is 33.3. The van der Waals surface area contributed by atoms with Crippen LogP contribution >= 0.6 is 0 Å². The van der Waals surface area contributed by atoms with Gasteiger partial charge in [0.25, 0.3) is 0 Å². The summed E-state index contributed by atoms with van der Waals surface area (Å²) in [6.45, 7) is 0. The maximum atomic E-state index is 3.21. The summed E-state index contributed by atoms with van der Waals surface area (Å²) in [5.41, 5.74) is 0. The van der Waals surface area contributed by atoms with Gasteiger partial charge in [0, 0.05) is 36.3 Å². The number of hydrogen-bond donors (Lipinski definition) is 0. The van der Waals surface area contributed by atoms with Crippen LogP contribution in [0.4, 0.5) is 0 Å². The van der Waals surface area contributed by atoms with E-state index in [1.54, 1.807) is 103 Å². The molecule has 0 N–H and O–H groups in total. The largest absolute Gasteiger partial charge is 0.294 e. The van der Waals surface area contributed by atoms with Crippen molar-refractivity contribution in [2.45, 2.75) is 267 Å². The molecule has 0 aliphatic heterocycles. The zero-order chi connectivity index (χ0) is 33.5. The molecule has 8 rings (SSSR count). The highest BCUT2D eigenvalue weighted by Crippen LogP contribution is 2.49. The molecule has 0 heterocycles. The maximum Gasteiger partial charge on any atom is 0.0101 e. The average Bonchev–Trinajstić information content (AvgIpc) is 3.21. The van der Waals surface area contributed by atoms with E-state index in [0.717, 1.165) is 71.8 Å². The third-order valence-corrected chi connectivity index (χ3v) is 17.9. The minimum atomic E-state index is 0.937. The molecule has 0 bridgehead atoms. The van der Waals surface area contributed by atoms with Crippen LogP contribution in [0.25, 0.3) is 0 Å². The van der Waals surface area contributed by atoms with Gasteiger partial charge in [0.1, 0.15) is 0 Å². The smallest absolute Gasteiger partial charge is 0.0101 e. The fourth-order valence-corrected chi connectivity index (χ4v) is 15.2. The summed E-state index contributed by atoms with van der Waals surface area (Å²) in [7, 11) is 0. The summed E-state index contributed by atoms with van der Waals surface area (Å²) in [6.07, 6.45) is 55.5. The lowest BCUT2D eigenvalue weighted by atomic mass is 9.63. The van der Waals surface area contributed by atoms with Gasteiger partial charge in [-0.2, -0.15) is 0 Å². The molecule has 50 heavy (non-hydrogen) atoms. The predicted molar refractivity (Wildman–Crippen MR) is 214 cm³/mol. The molecule has 0 spiro atoms. The zero-order valence-corrected chi connectivity index (χ0v) is 33.3. The standard InChI is InChI=1S/C48H84N2/c1-5-13-43(14-6-1)49(44-15-7-2-8-16-44)47-33-29-41(30-34-47)39-25-21-37(22-26-39)38-23-27-40(28-24-38)42-31-35-48(36-32-42)50(45-17-9-3-10-18-45)46-19-11-4-12-20-46/h37-48H,1-36H2. The van der Waals surface area contributed by atoms with Crippen LogP contribution in [0.3, 0.4) is 0 Å².